The molecule has 3 heteroatoms. The largest absolute Gasteiger partial charge is 0.303 e. The highest BCUT2D eigenvalue weighted by molar-refractivity contribution is 6.30. The lowest BCUT2D eigenvalue weighted by Gasteiger charge is -2.39. The monoisotopic (exact) mass is 499 g/mol. The van der Waals surface area contributed by atoms with Gasteiger partial charge in [-0.3, -0.25) is 4.39 Å². The minimum Gasteiger partial charge on any atom is -0.303 e. The molecule has 0 bridgehead atoms. The van der Waals surface area contributed by atoms with Crippen LogP contribution in [0.1, 0.15) is 53.5 Å². The molecule has 1 nitrogen and oxygen atoms in total. The van der Waals surface area contributed by atoms with Crippen molar-refractivity contribution in [3.05, 3.63) is 106 Å². The Balaban J connectivity index is 1.36. The Hall–Kier alpha value is -2.42. The zero-order valence-corrected chi connectivity index (χ0v) is 21.7. The van der Waals surface area contributed by atoms with Crippen molar-refractivity contribution in [3.63, 3.8) is 0 Å². The van der Waals surface area contributed by atoms with Gasteiger partial charge in [-0.2, -0.15) is 0 Å². The van der Waals surface area contributed by atoms with E-state index in [-0.39, 0.29) is 6.67 Å². The molecular formula is C33H35ClFN. The average Bonchev–Trinajstić information content (AvgIpc) is 3.73. The van der Waals surface area contributed by atoms with E-state index < -0.39 is 0 Å². The molecule has 1 heterocycles. The van der Waals surface area contributed by atoms with Gasteiger partial charge in [-0.15, -0.1) is 0 Å². The Morgan fingerprint density at radius 1 is 0.833 bits per heavy atom. The Morgan fingerprint density at radius 2 is 1.56 bits per heavy atom. The highest BCUT2D eigenvalue weighted by Gasteiger charge is 2.37. The summed E-state index contributed by atoms with van der Waals surface area (Å²) in [7, 11) is 0. The number of alkyl halides is 1. The van der Waals surface area contributed by atoms with Gasteiger partial charge in [-0.1, -0.05) is 72.3 Å². The summed E-state index contributed by atoms with van der Waals surface area (Å²) in [5.74, 6) is 2.06. The molecule has 3 aromatic carbocycles. The molecule has 2 aliphatic carbocycles. The van der Waals surface area contributed by atoms with E-state index in [0.717, 1.165) is 43.4 Å². The van der Waals surface area contributed by atoms with Crippen LogP contribution >= 0.6 is 11.6 Å². The van der Waals surface area contributed by atoms with Gasteiger partial charge in [0.2, 0.25) is 0 Å². The molecule has 0 spiro atoms. The van der Waals surface area contributed by atoms with E-state index in [2.05, 4.69) is 65.6 Å². The minimum atomic E-state index is -0.207. The lowest BCUT2D eigenvalue weighted by molar-refractivity contribution is 0.0968. The molecule has 1 saturated heterocycles. The molecule has 1 aliphatic heterocycles. The number of allylic oxidation sites excluding steroid dienone is 1. The summed E-state index contributed by atoms with van der Waals surface area (Å²) in [5, 5.41) is 0.793. The molecule has 0 N–H and O–H groups in total. The van der Waals surface area contributed by atoms with Gasteiger partial charge < -0.3 is 4.90 Å². The Kier molecular flexibility index (Phi) is 7.00. The van der Waals surface area contributed by atoms with Gasteiger partial charge in [0.05, 0.1) is 6.67 Å². The number of hydrogen-bond acceptors (Lipinski definition) is 1. The molecule has 1 saturated carbocycles. The highest BCUT2D eigenvalue weighted by Crippen LogP contribution is 2.51. The first-order valence-electron chi connectivity index (χ1n) is 13.7. The normalized spacial score (nSPS) is 20.7. The molecule has 36 heavy (non-hydrogen) atoms. The quantitative estimate of drug-likeness (QED) is 0.302. The molecule has 6 rings (SSSR count). The minimum absolute atomic E-state index is 0.207. The van der Waals surface area contributed by atoms with Crippen molar-refractivity contribution >= 4 is 22.7 Å². The smallest absolute Gasteiger partial charge is 0.0906 e. The van der Waals surface area contributed by atoms with Crippen molar-refractivity contribution in [1.29, 1.82) is 0 Å². The Labute approximate surface area is 220 Å². The van der Waals surface area contributed by atoms with Crippen LogP contribution in [-0.4, -0.2) is 31.2 Å². The van der Waals surface area contributed by atoms with Crippen molar-refractivity contribution in [2.75, 3.05) is 26.3 Å². The number of aryl methyl sites for hydroxylation is 1. The second-order valence-corrected chi connectivity index (χ2v) is 11.4. The molecule has 2 fully saturated rings. The number of rotatable bonds is 8. The molecule has 1 atom stereocenters. The fourth-order valence-electron chi connectivity index (χ4n) is 6.45. The second kappa shape index (κ2) is 10.5. The second-order valence-electron chi connectivity index (χ2n) is 11.0. The van der Waals surface area contributed by atoms with Gasteiger partial charge in [0.25, 0.3) is 0 Å². The third-order valence-electron chi connectivity index (χ3n) is 8.41. The standard InChI is InChI=1S/C33H35ClFN/c34-29-15-12-28(13-16-29)33-31(26-10-11-26)17-14-25-4-1-2-5-30(25)32(33)27-8-6-23(7-9-27)20-24-21-36(22-24)19-3-18-35/h1-2,4-9,12-13,15-16,24,26,31H,3,10-11,14,17-22H2. The van der Waals surface area contributed by atoms with Crippen LogP contribution in [0, 0.1) is 17.8 Å². The summed E-state index contributed by atoms with van der Waals surface area (Å²) < 4.78 is 12.5. The zero-order chi connectivity index (χ0) is 24.5. The number of halogens is 2. The first kappa shape index (κ1) is 23.9. The highest BCUT2D eigenvalue weighted by atomic mass is 35.5. The predicted molar refractivity (Wildman–Crippen MR) is 149 cm³/mol. The fourth-order valence-corrected chi connectivity index (χ4v) is 6.58. The van der Waals surface area contributed by atoms with E-state index in [4.69, 9.17) is 11.6 Å². The summed E-state index contributed by atoms with van der Waals surface area (Å²) in [4.78, 5) is 2.38. The summed E-state index contributed by atoms with van der Waals surface area (Å²) in [6.45, 7) is 2.89. The maximum absolute atomic E-state index is 12.5. The van der Waals surface area contributed by atoms with E-state index in [0.29, 0.717) is 18.3 Å². The van der Waals surface area contributed by atoms with Crippen molar-refractivity contribution in [3.8, 4) is 0 Å². The van der Waals surface area contributed by atoms with Gasteiger partial charge in [0.15, 0.2) is 0 Å². The van der Waals surface area contributed by atoms with E-state index in [1.165, 1.54) is 58.2 Å². The van der Waals surface area contributed by atoms with Gasteiger partial charge in [0.1, 0.15) is 0 Å². The molecule has 3 aromatic rings. The molecule has 0 amide bonds. The molecule has 186 valence electrons. The maximum atomic E-state index is 12.5. The molecule has 1 unspecified atom stereocenters. The third kappa shape index (κ3) is 5.04. The van der Waals surface area contributed by atoms with Crippen LogP contribution in [0.15, 0.2) is 72.8 Å². The van der Waals surface area contributed by atoms with E-state index in [1.54, 1.807) is 0 Å². The van der Waals surface area contributed by atoms with Crippen LogP contribution in [0.3, 0.4) is 0 Å². The van der Waals surface area contributed by atoms with Gasteiger partial charge in [0, 0.05) is 24.7 Å². The molecule has 0 aromatic heterocycles. The molecular weight excluding hydrogens is 465 g/mol. The van der Waals surface area contributed by atoms with Gasteiger partial charge in [-0.25, -0.2) is 0 Å². The number of likely N-dealkylation sites (tertiary alicyclic amines) is 1. The first-order chi connectivity index (χ1) is 17.7. The first-order valence-corrected chi connectivity index (χ1v) is 14.0. The van der Waals surface area contributed by atoms with E-state index >= 15 is 0 Å². The van der Waals surface area contributed by atoms with Crippen molar-refractivity contribution in [2.45, 2.75) is 38.5 Å². The van der Waals surface area contributed by atoms with Gasteiger partial charge in [-0.05, 0) is 107 Å². The lowest BCUT2D eigenvalue weighted by Crippen LogP contribution is -2.47. The number of benzene rings is 3. The summed E-state index contributed by atoms with van der Waals surface area (Å²) in [6, 6.07) is 26.9. The van der Waals surface area contributed by atoms with Crippen LogP contribution in [0.2, 0.25) is 5.02 Å². The third-order valence-corrected chi connectivity index (χ3v) is 8.66. The molecule has 0 radical (unpaired) electrons. The zero-order valence-electron chi connectivity index (χ0n) is 20.9. The van der Waals surface area contributed by atoms with Crippen LogP contribution in [0.25, 0.3) is 11.1 Å². The van der Waals surface area contributed by atoms with Crippen molar-refractivity contribution in [1.82, 2.24) is 4.90 Å². The lowest BCUT2D eigenvalue weighted by atomic mass is 9.80. The summed E-state index contributed by atoms with van der Waals surface area (Å²) >= 11 is 6.30. The fraction of sp³-hybridized carbons (Fsp3) is 0.394. The van der Waals surface area contributed by atoms with Crippen LogP contribution < -0.4 is 0 Å². The van der Waals surface area contributed by atoms with Crippen molar-refractivity contribution in [2.24, 2.45) is 17.8 Å². The average molecular weight is 500 g/mol. The summed E-state index contributed by atoms with van der Waals surface area (Å²) in [6.07, 6.45) is 6.80. The van der Waals surface area contributed by atoms with Crippen LogP contribution in [0.5, 0.6) is 0 Å². The van der Waals surface area contributed by atoms with E-state index in [9.17, 15) is 4.39 Å². The van der Waals surface area contributed by atoms with Crippen LogP contribution in [0.4, 0.5) is 4.39 Å². The summed E-state index contributed by atoms with van der Waals surface area (Å²) in [5.41, 5.74) is 9.82. The number of nitrogens with zero attached hydrogens (tertiary/aromatic N) is 1. The number of hydrogen-bond donors (Lipinski definition) is 0. The number of fused-ring (bicyclic) bond motifs is 1. The Bertz CT molecular complexity index is 1220. The maximum Gasteiger partial charge on any atom is 0.0906 e. The molecule has 3 aliphatic rings. The predicted octanol–water partition coefficient (Wildman–Crippen LogP) is 8.11. The topological polar surface area (TPSA) is 3.24 Å². The van der Waals surface area contributed by atoms with Gasteiger partial charge >= 0.3 is 0 Å². The van der Waals surface area contributed by atoms with Crippen molar-refractivity contribution < 1.29 is 4.39 Å². The Morgan fingerprint density at radius 3 is 2.28 bits per heavy atom. The van der Waals surface area contributed by atoms with E-state index in [1.807, 2.05) is 12.1 Å². The SMILES string of the molecule is FCCCN1CC(Cc2ccc(C3=C(c4ccc(Cl)cc4)C(C4CC4)CCc4ccccc43)cc2)C1. The van der Waals surface area contributed by atoms with Crippen LogP contribution in [-0.2, 0) is 12.8 Å².